The van der Waals surface area contributed by atoms with Crippen LogP contribution < -0.4 is 4.90 Å². The summed E-state index contributed by atoms with van der Waals surface area (Å²) >= 11 is 0. The van der Waals surface area contributed by atoms with Crippen molar-refractivity contribution in [3.63, 3.8) is 0 Å². The first-order chi connectivity index (χ1) is 13.1. The maximum atomic E-state index is 12.6. The van der Waals surface area contributed by atoms with Crippen molar-refractivity contribution in [2.24, 2.45) is 0 Å². The molecule has 2 heterocycles. The van der Waals surface area contributed by atoms with Crippen LogP contribution in [0.15, 0.2) is 36.5 Å². The van der Waals surface area contributed by atoms with Crippen molar-refractivity contribution in [3.05, 3.63) is 36.5 Å². The molecule has 146 valence electrons. The molecule has 0 spiro atoms. The van der Waals surface area contributed by atoms with Crippen molar-refractivity contribution in [2.75, 3.05) is 50.5 Å². The molecule has 3 rings (SSSR count). The number of para-hydroxylation sites is 1. The number of amides is 1. The molecule has 1 aliphatic rings. The number of hydrogen-bond donors (Lipinski definition) is 0. The van der Waals surface area contributed by atoms with Crippen LogP contribution in [0.4, 0.5) is 5.69 Å². The molecular formula is C19H26N3O4P. The SMILES string of the molecule is CCOP(=O)(CC(=O)N1CCN(c2ccnc3ccccc23)CC1)OCC. The van der Waals surface area contributed by atoms with Crippen molar-refractivity contribution >= 4 is 30.1 Å². The highest BCUT2D eigenvalue weighted by atomic mass is 31.2. The van der Waals surface area contributed by atoms with Gasteiger partial charge in [-0.15, -0.1) is 0 Å². The molecule has 0 aliphatic carbocycles. The number of carbonyl (C=O) groups excluding carboxylic acids is 1. The minimum absolute atomic E-state index is 0.181. The first-order valence-corrected chi connectivity index (χ1v) is 11.0. The van der Waals surface area contributed by atoms with Crippen LogP contribution in [0, 0.1) is 0 Å². The van der Waals surface area contributed by atoms with E-state index in [1.807, 2.05) is 30.5 Å². The summed E-state index contributed by atoms with van der Waals surface area (Å²) in [6, 6.07) is 10.1. The van der Waals surface area contributed by atoms with E-state index in [-0.39, 0.29) is 25.3 Å². The number of pyridine rings is 1. The summed E-state index contributed by atoms with van der Waals surface area (Å²) < 4.78 is 23.1. The summed E-state index contributed by atoms with van der Waals surface area (Å²) in [5.74, 6) is -0.181. The number of aromatic nitrogens is 1. The Balaban J connectivity index is 1.64. The largest absolute Gasteiger partial charge is 0.367 e. The van der Waals surface area contributed by atoms with E-state index in [4.69, 9.17) is 9.05 Å². The summed E-state index contributed by atoms with van der Waals surface area (Å²) in [4.78, 5) is 21.0. The topological polar surface area (TPSA) is 72.0 Å². The Hall–Kier alpha value is -1.95. The lowest BCUT2D eigenvalue weighted by molar-refractivity contribution is -0.129. The summed E-state index contributed by atoms with van der Waals surface area (Å²) in [5, 5.41) is 1.11. The molecule has 0 radical (unpaired) electrons. The first kappa shape index (κ1) is 19.8. The highest BCUT2D eigenvalue weighted by Crippen LogP contribution is 2.48. The Labute approximate surface area is 159 Å². The van der Waals surface area contributed by atoms with Gasteiger partial charge in [-0.05, 0) is 26.0 Å². The van der Waals surface area contributed by atoms with Gasteiger partial charge in [0.25, 0.3) is 0 Å². The van der Waals surface area contributed by atoms with E-state index in [0.717, 1.165) is 16.6 Å². The quantitative estimate of drug-likeness (QED) is 0.675. The highest BCUT2D eigenvalue weighted by Gasteiger charge is 2.31. The molecule has 7 nitrogen and oxygen atoms in total. The summed E-state index contributed by atoms with van der Waals surface area (Å²) in [7, 11) is -3.36. The van der Waals surface area contributed by atoms with Crippen LogP contribution in [0.2, 0.25) is 0 Å². The highest BCUT2D eigenvalue weighted by molar-refractivity contribution is 7.54. The number of nitrogens with zero attached hydrogens (tertiary/aromatic N) is 3. The molecule has 1 amide bonds. The molecule has 1 aromatic heterocycles. The molecule has 1 aliphatic heterocycles. The van der Waals surface area contributed by atoms with Gasteiger partial charge in [-0.2, -0.15) is 0 Å². The Morgan fingerprint density at radius 1 is 1.07 bits per heavy atom. The lowest BCUT2D eigenvalue weighted by Crippen LogP contribution is -2.49. The second-order valence-electron chi connectivity index (χ2n) is 6.32. The summed E-state index contributed by atoms with van der Waals surface area (Å²) in [5.41, 5.74) is 2.09. The normalized spacial score (nSPS) is 15.3. The van der Waals surface area contributed by atoms with E-state index in [9.17, 15) is 9.36 Å². The van der Waals surface area contributed by atoms with Crippen LogP contribution in [0.1, 0.15) is 13.8 Å². The number of piperazine rings is 1. The third kappa shape index (κ3) is 4.67. The zero-order valence-electron chi connectivity index (χ0n) is 15.8. The minimum atomic E-state index is -3.36. The molecule has 27 heavy (non-hydrogen) atoms. The molecule has 1 fully saturated rings. The van der Waals surface area contributed by atoms with Crippen molar-refractivity contribution in [1.82, 2.24) is 9.88 Å². The Bertz CT molecular complexity index is 821. The fraction of sp³-hybridized carbons (Fsp3) is 0.474. The average molecular weight is 391 g/mol. The van der Waals surface area contributed by atoms with Gasteiger partial charge in [0.05, 0.1) is 18.7 Å². The third-order valence-electron chi connectivity index (χ3n) is 4.58. The second kappa shape index (κ2) is 8.83. The number of rotatable bonds is 7. The van der Waals surface area contributed by atoms with E-state index in [0.29, 0.717) is 26.2 Å². The number of benzene rings is 1. The average Bonchev–Trinajstić information content (AvgIpc) is 2.68. The molecule has 0 atom stereocenters. The van der Waals surface area contributed by atoms with Crippen LogP contribution in [0.3, 0.4) is 0 Å². The molecule has 0 N–H and O–H groups in total. The fourth-order valence-electron chi connectivity index (χ4n) is 3.34. The zero-order valence-corrected chi connectivity index (χ0v) is 16.7. The van der Waals surface area contributed by atoms with Crippen LogP contribution in [0.5, 0.6) is 0 Å². The minimum Gasteiger partial charge on any atom is -0.367 e. The van der Waals surface area contributed by atoms with Crippen molar-refractivity contribution in [2.45, 2.75) is 13.8 Å². The predicted molar refractivity (Wildman–Crippen MR) is 106 cm³/mol. The molecular weight excluding hydrogens is 365 g/mol. The maximum absolute atomic E-state index is 12.6. The van der Waals surface area contributed by atoms with Gasteiger partial charge in [0.15, 0.2) is 0 Å². The van der Waals surface area contributed by atoms with Gasteiger partial charge in [0.2, 0.25) is 5.91 Å². The number of carbonyl (C=O) groups is 1. The lowest BCUT2D eigenvalue weighted by atomic mass is 10.1. The molecule has 0 saturated carbocycles. The molecule has 1 saturated heterocycles. The molecule has 8 heteroatoms. The Kier molecular flexibility index (Phi) is 6.47. The third-order valence-corrected chi connectivity index (χ3v) is 6.54. The molecule has 0 bridgehead atoms. The summed E-state index contributed by atoms with van der Waals surface area (Å²) in [6.45, 7) is 6.59. The van der Waals surface area contributed by atoms with E-state index >= 15 is 0 Å². The number of fused-ring (bicyclic) bond motifs is 1. The predicted octanol–water partition coefficient (Wildman–Crippen LogP) is 3.15. The van der Waals surface area contributed by atoms with Crippen LogP contribution in [-0.4, -0.2) is 61.3 Å². The number of anilines is 1. The van der Waals surface area contributed by atoms with Gasteiger partial charge in [-0.25, -0.2) is 0 Å². The summed E-state index contributed by atoms with van der Waals surface area (Å²) in [6.07, 6.45) is 1.61. The molecule has 0 unspecified atom stereocenters. The lowest BCUT2D eigenvalue weighted by Gasteiger charge is -2.37. The van der Waals surface area contributed by atoms with Crippen molar-refractivity contribution in [3.8, 4) is 0 Å². The van der Waals surface area contributed by atoms with Crippen LogP contribution in [0.25, 0.3) is 10.9 Å². The van der Waals surface area contributed by atoms with Gasteiger partial charge in [0.1, 0.15) is 6.16 Å². The zero-order chi connectivity index (χ0) is 19.3. The van der Waals surface area contributed by atoms with E-state index in [1.165, 1.54) is 0 Å². The molecule has 2 aromatic rings. The first-order valence-electron chi connectivity index (χ1n) is 9.31. The fourth-order valence-corrected chi connectivity index (χ4v) is 4.92. The second-order valence-corrected chi connectivity index (χ2v) is 8.37. The monoisotopic (exact) mass is 391 g/mol. The standard InChI is InChI=1S/C19H26N3O4P/c1-3-25-27(24,26-4-2)15-19(23)22-13-11-21(12-14-22)18-9-10-20-17-8-6-5-7-16(17)18/h5-10H,3-4,11-15H2,1-2H3. The van der Waals surface area contributed by atoms with Crippen molar-refractivity contribution < 1.29 is 18.4 Å². The van der Waals surface area contributed by atoms with E-state index < -0.39 is 7.60 Å². The number of hydrogen-bond acceptors (Lipinski definition) is 6. The maximum Gasteiger partial charge on any atom is 0.340 e. The Morgan fingerprint density at radius 3 is 2.41 bits per heavy atom. The van der Waals surface area contributed by atoms with Gasteiger partial charge in [-0.3, -0.25) is 14.3 Å². The van der Waals surface area contributed by atoms with Gasteiger partial charge < -0.3 is 18.8 Å². The smallest absolute Gasteiger partial charge is 0.340 e. The van der Waals surface area contributed by atoms with E-state index in [1.54, 1.807) is 18.7 Å². The van der Waals surface area contributed by atoms with Crippen molar-refractivity contribution in [1.29, 1.82) is 0 Å². The van der Waals surface area contributed by atoms with Crippen LogP contribution in [-0.2, 0) is 18.4 Å². The van der Waals surface area contributed by atoms with Gasteiger partial charge >= 0.3 is 7.60 Å². The Morgan fingerprint density at radius 2 is 1.74 bits per heavy atom. The van der Waals surface area contributed by atoms with Crippen LogP contribution >= 0.6 is 7.60 Å². The molecule has 1 aromatic carbocycles. The van der Waals surface area contributed by atoms with Gasteiger partial charge in [0, 0.05) is 43.4 Å². The van der Waals surface area contributed by atoms with E-state index in [2.05, 4.69) is 16.0 Å². The van der Waals surface area contributed by atoms with Gasteiger partial charge in [-0.1, -0.05) is 18.2 Å².